The molecular weight excluding hydrogens is 577 g/mol. The molecule has 0 amide bonds. The zero-order valence-corrected chi connectivity index (χ0v) is 25.6. The quantitative estimate of drug-likeness (QED) is 0.169. The monoisotopic (exact) mass is 620 g/mol. The van der Waals surface area contributed by atoms with E-state index in [0.717, 1.165) is 44.1 Å². The number of unbranched alkanes of at least 4 members (excludes halogenated alkanes) is 2. The predicted octanol–water partition coefficient (Wildman–Crippen LogP) is 5.77. The van der Waals surface area contributed by atoms with Crippen molar-refractivity contribution in [2.75, 3.05) is 19.8 Å². The summed E-state index contributed by atoms with van der Waals surface area (Å²) in [7, 11) is 0. The van der Waals surface area contributed by atoms with Crippen LogP contribution in [0, 0.1) is 17.2 Å². The number of β-amino-alcohol motifs (C(OH)–C–C–N with tert-alkyl or cyclic N) is 1. The topological polar surface area (TPSA) is 129 Å². The number of aliphatic hydroxyl groups is 1. The van der Waals surface area contributed by atoms with Crippen LogP contribution in [0.5, 0.6) is 5.75 Å². The van der Waals surface area contributed by atoms with Gasteiger partial charge in [0.05, 0.1) is 12.2 Å². The molecule has 1 atom stereocenters. The number of hydrogen-bond donors (Lipinski definition) is 3. The molecule has 3 N–H and O–H groups in total. The van der Waals surface area contributed by atoms with Gasteiger partial charge in [-0.25, -0.2) is 4.79 Å². The molecule has 242 valence electrons. The Kier molecular flexibility index (Phi) is 14.6. The number of ether oxygens (including phenoxy) is 2. The molecule has 0 radical (unpaired) electrons. The van der Waals surface area contributed by atoms with Gasteiger partial charge < -0.3 is 25.0 Å². The first-order valence-electron chi connectivity index (χ1n) is 14.9. The Morgan fingerprint density at radius 3 is 2.32 bits per heavy atom. The number of carboxylic acids is 1. The third-order valence-corrected chi connectivity index (χ3v) is 7.22. The summed E-state index contributed by atoms with van der Waals surface area (Å²) >= 11 is 0. The Morgan fingerprint density at radius 2 is 1.75 bits per heavy atom. The summed E-state index contributed by atoms with van der Waals surface area (Å²) in [4.78, 5) is 20.9. The van der Waals surface area contributed by atoms with E-state index in [1.54, 1.807) is 12.1 Å². The summed E-state index contributed by atoms with van der Waals surface area (Å²) in [5.41, 5.74) is 4.10. The first kappa shape index (κ1) is 36.6. The minimum atomic E-state index is -5.08. The number of benzene rings is 2. The second-order valence-electron chi connectivity index (χ2n) is 11.6. The lowest BCUT2D eigenvalue weighted by Gasteiger charge is -2.30. The molecule has 8 nitrogen and oxygen atoms in total. The average Bonchev–Trinajstić information content (AvgIpc) is 3.37. The number of aliphatic carboxylic acids is 1. The Hall–Kier alpha value is -3.62. The number of aryl methyl sites for hydroxylation is 1. The number of carbonyl (C=O) groups is 2. The molecule has 0 aliphatic heterocycles. The lowest BCUT2D eigenvalue weighted by molar-refractivity contribution is -0.192. The molecule has 3 rings (SSSR count). The molecule has 0 unspecified atom stereocenters. The van der Waals surface area contributed by atoms with E-state index >= 15 is 0 Å². The number of alkyl halides is 3. The van der Waals surface area contributed by atoms with Crippen LogP contribution in [0.15, 0.2) is 42.5 Å². The summed E-state index contributed by atoms with van der Waals surface area (Å²) in [6.07, 6.45) is 1.27. The van der Waals surface area contributed by atoms with E-state index in [0.29, 0.717) is 36.8 Å². The minimum absolute atomic E-state index is 0.0789. The molecule has 0 aromatic heterocycles. The van der Waals surface area contributed by atoms with Crippen LogP contribution in [0.1, 0.15) is 75.1 Å². The van der Waals surface area contributed by atoms with Crippen molar-refractivity contribution in [3.05, 3.63) is 64.7 Å². The van der Waals surface area contributed by atoms with Crippen LogP contribution >= 0.6 is 0 Å². The summed E-state index contributed by atoms with van der Waals surface area (Å²) < 4.78 is 42.8. The zero-order valence-electron chi connectivity index (χ0n) is 25.6. The number of carboxylic acid groups (broad SMARTS) is 1. The number of fused-ring (bicyclic) bond motifs is 1. The Balaban J connectivity index is 0.000000860. The standard InChI is InChI=1S/C31H42N2O4.C2HF3O2/c1-4-5-8-15-36-30(35)14-12-23-11-13-27(20-32)29(18-23)37-22-28(34)21-33-31(2,3)19-24-16-25-9-6-7-10-26(25)17-24;3-2(4,5)1(6)7/h6-7,9-11,13,18,24,28,33-34H,4-5,8,12,14-17,19,21-22H2,1-3H3;(H,6,7)/t28-;/m1./s1. The molecule has 1 aliphatic rings. The molecule has 0 saturated carbocycles. The summed E-state index contributed by atoms with van der Waals surface area (Å²) in [5, 5.41) is 30.7. The van der Waals surface area contributed by atoms with Gasteiger partial charge in [-0.2, -0.15) is 18.4 Å². The largest absolute Gasteiger partial charge is 0.490 e. The first-order valence-corrected chi connectivity index (χ1v) is 14.9. The van der Waals surface area contributed by atoms with Crippen LogP contribution in [0.2, 0.25) is 0 Å². The highest BCUT2D eigenvalue weighted by Gasteiger charge is 2.38. The Labute approximate surface area is 257 Å². The van der Waals surface area contributed by atoms with Crippen LogP contribution in [-0.4, -0.2) is 59.7 Å². The van der Waals surface area contributed by atoms with Crippen LogP contribution in [0.4, 0.5) is 13.2 Å². The maximum Gasteiger partial charge on any atom is 0.490 e. The average molecular weight is 621 g/mol. The molecule has 0 saturated heterocycles. The summed E-state index contributed by atoms with van der Waals surface area (Å²) in [6, 6.07) is 16.1. The number of halogens is 3. The smallest absolute Gasteiger partial charge is 0.489 e. The van der Waals surface area contributed by atoms with E-state index in [2.05, 4.69) is 56.4 Å². The lowest BCUT2D eigenvalue weighted by Crippen LogP contribution is -2.46. The minimum Gasteiger partial charge on any atom is -0.489 e. The van der Waals surface area contributed by atoms with Crippen molar-refractivity contribution in [2.24, 2.45) is 5.92 Å². The first-order chi connectivity index (χ1) is 20.7. The lowest BCUT2D eigenvalue weighted by atomic mass is 9.88. The fourth-order valence-electron chi connectivity index (χ4n) is 5.02. The van der Waals surface area contributed by atoms with E-state index in [1.165, 1.54) is 11.1 Å². The fourth-order valence-corrected chi connectivity index (χ4v) is 5.02. The van der Waals surface area contributed by atoms with E-state index in [1.807, 2.05) is 6.07 Å². The molecule has 0 spiro atoms. The molecule has 1 aliphatic carbocycles. The van der Waals surface area contributed by atoms with Gasteiger partial charge in [0.2, 0.25) is 0 Å². The van der Waals surface area contributed by atoms with Gasteiger partial charge >= 0.3 is 18.1 Å². The summed E-state index contributed by atoms with van der Waals surface area (Å²) in [6.45, 7) is 7.41. The molecule has 2 aromatic carbocycles. The number of hydrogen-bond acceptors (Lipinski definition) is 7. The molecule has 2 aromatic rings. The van der Waals surface area contributed by atoms with Crippen molar-refractivity contribution in [2.45, 2.75) is 90.0 Å². The maximum absolute atomic E-state index is 12.0. The number of aliphatic hydroxyl groups excluding tert-OH is 1. The van der Waals surface area contributed by atoms with Gasteiger partial charge in [0.15, 0.2) is 0 Å². The second-order valence-corrected chi connectivity index (χ2v) is 11.6. The van der Waals surface area contributed by atoms with Crippen LogP contribution in [0.3, 0.4) is 0 Å². The van der Waals surface area contributed by atoms with Gasteiger partial charge in [-0.1, -0.05) is 50.1 Å². The van der Waals surface area contributed by atoms with Gasteiger partial charge in [-0.05, 0) is 80.7 Å². The highest BCUT2D eigenvalue weighted by Crippen LogP contribution is 2.32. The van der Waals surface area contributed by atoms with E-state index in [4.69, 9.17) is 19.4 Å². The molecule has 0 bridgehead atoms. The number of nitriles is 1. The van der Waals surface area contributed by atoms with Gasteiger partial charge in [-0.15, -0.1) is 0 Å². The summed E-state index contributed by atoms with van der Waals surface area (Å²) in [5.74, 6) is -1.94. The normalized spacial score (nSPS) is 13.7. The van der Waals surface area contributed by atoms with Crippen molar-refractivity contribution < 1.29 is 42.4 Å². The van der Waals surface area contributed by atoms with Gasteiger partial charge in [0.1, 0.15) is 24.5 Å². The zero-order chi connectivity index (χ0) is 32.8. The number of esters is 1. The number of carbonyl (C=O) groups excluding carboxylic acids is 1. The van der Waals surface area contributed by atoms with Crippen molar-refractivity contribution in [1.29, 1.82) is 5.26 Å². The van der Waals surface area contributed by atoms with Crippen LogP contribution in [-0.2, 0) is 33.6 Å². The fraction of sp³-hybridized carbons (Fsp3) is 0.545. The van der Waals surface area contributed by atoms with Crippen molar-refractivity contribution >= 4 is 11.9 Å². The van der Waals surface area contributed by atoms with Crippen LogP contribution < -0.4 is 10.1 Å². The van der Waals surface area contributed by atoms with E-state index < -0.39 is 18.2 Å². The molecule has 0 heterocycles. The predicted molar refractivity (Wildman–Crippen MR) is 159 cm³/mol. The van der Waals surface area contributed by atoms with Crippen LogP contribution in [0.25, 0.3) is 0 Å². The Morgan fingerprint density at radius 1 is 1.11 bits per heavy atom. The van der Waals surface area contributed by atoms with E-state index in [-0.39, 0.29) is 24.5 Å². The number of nitrogens with one attached hydrogen (secondary N) is 1. The van der Waals surface area contributed by atoms with Crippen molar-refractivity contribution in [1.82, 2.24) is 5.32 Å². The molecular formula is C33H43F3N2O6. The van der Waals surface area contributed by atoms with Gasteiger partial charge in [0.25, 0.3) is 0 Å². The Bertz CT molecular complexity index is 1230. The second kappa shape index (κ2) is 17.6. The third kappa shape index (κ3) is 13.3. The number of nitrogens with zero attached hydrogens (tertiary/aromatic N) is 1. The number of rotatable bonds is 15. The van der Waals surface area contributed by atoms with E-state index in [9.17, 15) is 28.3 Å². The van der Waals surface area contributed by atoms with Crippen molar-refractivity contribution in [3.8, 4) is 11.8 Å². The highest BCUT2D eigenvalue weighted by atomic mass is 19.4. The van der Waals surface area contributed by atoms with Gasteiger partial charge in [0, 0.05) is 18.5 Å². The SMILES string of the molecule is CCCCCOC(=O)CCc1ccc(C#N)c(OC[C@H](O)CNC(C)(C)CC2Cc3ccccc3C2)c1.O=C(O)C(F)(F)F. The van der Waals surface area contributed by atoms with Gasteiger partial charge in [-0.3, -0.25) is 4.79 Å². The third-order valence-electron chi connectivity index (χ3n) is 7.22. The molecule has 0 fully saturated rings. The van der Waals surface area contributed by atoms with Crippen molar-refractivity contribution in [3.63, 3.8) is 0 Å². The maximum atomic E-state index is 12.0. The molecule has 44 heavy (non-hydrogen) atoms. The highest BCUT2D eigenvalue weighted by molar-refractivity contribution is 5.73. The molecule has 11 heteroatoms.